The van der Waals surface area contributed by atoms with Crippen molar-refractivity contribution < 1.29 is 4.39 Å². The van der Waals surface area contributed by atoms with Crippen LogP contribution in [0.2, 0.25) is 0 Å². The highest BCUT2D eigenvalue weighted by Gasteiger charge is 2.01. The van der Waals surface area contributed by atoms with Gasteiger partial charge in [-0.3, -0.25) is 0 Å². The summed E-state index contributed by atoms with van der Waals surface area (Å²) in [5.41, 5.74) is 4.39. The molecule has 0 heterocycles. The van der Waals surface area contributed by atoms with E-state index in [1.807, 2.05) is 20.8 Å². The molecule has 80 valence electrons. The lowest BCUT2D eigenvalue weighted by molar-refractivity contribution is 0.666. The van der Waals surface area contributed by atoms with Crippen molar-refractivity contribution >= 4 is 5.69 Å². The minimum absolute atomic E-state index is 0.366. The van der Waals surface area contributed by atoms with Crippen LogP contribution in [0.4, 0.5) is 10.1 Å². The Kier molecular flexibility index (Phi) is 3.67. The van der Waals surface area contributed by atoms with Crippen LogP contribution >= 0.6 is 0 Å². The van der Waals surface area contributed by atoms with E-state index in [1.54, 1.807) is 0 Å². The predicted molar refractivity (Wildman–Crippen MR) is 63.7 cm³/mol. The van der Waals surface area contributed by atoms with Crippen molar-refractivity contribution in [3.05, 3.63) is 53.5 Å². The molecule has 1 aromatic carbocycles. The number of hydrogen-bond donors (Lipinski definition) is 1. The molecule has 0 fully saturated rings. The second kappa shape index (κ2) is 4.78. The molecule has 0 saturated carbocycles. The molecule has 0 saturated heterocycles. The van der Waals surface area contributed by atoms with Gasteiger partial charge in [-0.05, 0) is 38.0 Å². The maximum absolute atomic E-state index is 12.8. The molecule has 2 heteroatoms. The smallest absolute Gasteiger partial charge is 0.138 e. The van der Waals surface area contributed by atoms with Gasteiger partial charge in [0.25, 0.3) is 0 Å². The van der Waals surface area contributed by atoms with E-state index in [2.05, 4.69) is 24.0 Å². The summed E-state index contributed by atoms with van der Waals surface area (Å²) in [6.45, 7) is 9.40. The van der Waals surface area contributed by atoms with Gasteiger partial charge in [0.1, 0.15) is 5.83 Å². The summed E-state index contributed by atoms with van der Waals surface area (Å²) >= 11 is 0. The van der Waals surface area contributed by atoms with Gasteiger partial charge in [-0.2, -0.15) is 0 Å². The highest BCUT2D eigenvalue weighted by Crippen LogP contribution is 2.22. The minimum atomic E-state index is -0.366. The number of hydrogen-bond acceptors (Lipinski definition) is 1. The molecular weight excluding hydrogens is 189 g/mol. The van der Waals surface area contributed by atoms with Gasteiger partial charge < -0.3 is 5.32 Å². The van der Waals surface area contributed by atoms with E-state index in [-0.39, 0.29) is 5.83 Å². The Morgan fingerprint density at radius 2 is 1.80 bits per heavy atom. The third kappa shape index (κ3) is 2.94. The maximum atomic E-state index is 12.8. The third-order valence-corrected chi connectivity index (χ3v) is 2.23. The van der Waals surface area contributed by atoms with E-state index >= 15 is 0 Å². The zero-order valence-corrected chi connectivity index (χ0v) is 9.39. The molecule has 1 rings (SSSR count). The largest absolute Gasteiger partial charge is 0.359 e. The first-order valence-electron chi connectivity index (χ1n) is 4.87. The van der Waals surface area contributed by atoms with E-state index in [1.165, 1.54) is 17.8 Å². The Labute approximate surface area is 90.3 Å². The first-order chi connectivity index (χ1) is 7.04. The summed E-state index contributed by atoms with van der Waals surface area (Å²) in [5, 5.41) is 2.95. The molecule has 1 N–H and O–H groups in total. The maximum Gasteiger partial charge on any atom is 0.138 e. The number of benzene rings is 1. The van der Waals surface area contributed by atoms with Crippen LogP contribution in [0, 0.1) is 20.8 Å². The van der Waals surface area contributed by atoms with E-state index in [0.717, 1.165) is 16.8 Å². The first-order valence-corrected chi connectivity index (χ1v) is 4.87. The van der Waals surface area contributed by atoms with Crippen molar-refractivity contribution in [2.24, 2.45) is 0 Å². The van der Waals surface area contributed by atoms with Crippen LogP contribution in [0.3, 0.4) is 0 Å². The fourth-order valence-electron chi connectivity index (χ4n) is 1.61. The molecule has 0 spiro atoms. The Bertz CT molecular complexity index is 382. The average molecular weight is 205 g/mol. The number of anilines is 1. The van der Waals surface area contributed by atoms with Gasteiger partial charge in [-0.25, -0.2) is 4.39 Å². The lowest BCUT2D eigenvalue weighted by Gasteiger charge is -2.10. The fourth-order valence-corrected chi connectivity index (χ4v) is 1.61. The van der Waals surface area contributed by atoms with Crippen LogP contribution < -0.4 is 5.32 Å². The zero-order valence-electron chi connectivity index (χ0n) is 9.39. The summed E-state index contributed by atoms with van der Waals surface area (Å²) < 4.78 is 12.8. The Hall–Kier alpha value is -1.57. The summed E-state index contributed by atoms with van der Waals surface area (Å²) in [7, 11) is 0. The number of aryl methyl sites for hydroxylation is 3. The van der Waals surface area contributed by atoms with Crippen LogP contribution in [0.5, 0.6) is 0 Å². The van der Waals surface area contributed by atoms with Crippen LogP contribution in [-0.2, 0) is 0 Å². The highest BCUT2D eigenvalue weighted by atomic mass is 19.1. The molecule has 1 nitrogen and oxygen atoms in total. The first kappa shape index (κ1) is 11.5. The van der Waals surface area contributed by atoms with Crippen molar-refractivity contribution in [1.82, 2.24) is 0 Å². The molecule has 0 bridgehead atoms. The van der Waals surface area contributed by atoms with E-state index < -0.39 is 0 Å². The van der Waals surface area contributed by atoms with Gasteiger partial charge in [0.05, 0.1) is 0 Å². The van der Waals surface area contributed by atoms with Crippen molar-refractivity contribution in [3.63, 3.8) is 0 Å². The highest BCUT2D eigenvalue weighted by molar-refractivity contribution is 5.59. The molecule has 15 heavy (non-hydrogen) atoms. The quantitative estimate of drug-likeness (QED) is 0.735. The number of rotatable bonds is 3. The Morgan fingerprint density at radius 1 is 1.27 bits per heavy atom. The SMILES string of the molecule is C=C/C(F)=C/Nc1c(C)cc(C)cc1C. The lowest BCUT2D eigenvalue weighted by atomic mass is 10.1. The zero-order chi connectivity index (χ0) is 11.4. The van der Waals surface area contributed by atoms with Crippen molar-refractivity contribution in [1.29, 1.82) is 0 Å². The molecular formula is C13H16FN. The normalized spacial score (nSPS) is 11.3. The van der Waals surface area contributed by atoms with E-state index in [4.69, 9.17) is 0 Å². The Morgan fingerprint density at radius 3 is 2.27 bits per heavy atom. The topological polar surface area (TPSA) is 12.0 Å². The van der Waals surface area contributed by atoms with Crippen LogP contribution in [0.1, 0.15) is 16.7 Å². The van der Waals surface area contributed by atoms with Crippen molar-refractivity contribution in [2.75, 3.05) is 5.32 Å². The third-order valence-electron chi connectivity index (χ3n) is 2.23. The Balaban J connectivity index is 3.00. The minimum Gasteiger partial charge on any atom is -0.359 e. The predicted octanol–water partition coefficient (Wildman–Crippen LogP) is 4.02. The van der Waals surface area contributed by atoms with Crippen molar-refractivity contribution in [3.8, 4) is 0 Å². The number of allylic oxidation sites excluding steroid dienone is 2. The summed E-state index contributed by atoms with van der Waals surface area (Å²) in [5.74, 6) is -0.366. The van der Waals surface area contributed by atoms with Crippen molar-refractivity contribution in [2.45, 2.75) is 20.8 Å². The van der Waals surface area contributed by atoms with Gasteiger partial charge in [0, 0.05) is 11.9 Å². The van der Waals surface area contributed by atoms with E-state index in [0.29, 0.717) is 0 Å². The number of halogens is 1. The van der Waals surface area contributed by atoms with E-state index in [9.17, 15) is 4.39 Å². The standard InChI is InChI=1S/C13H16FN/c1-5-12(14)8-15-13-10(3)6-9(2)7-11(13)4/h5-8,15H,1H2,2-4H3/b12-8-. The average Bonchev–Trinajstić information content (AvgIpc) is 2.15. The summed E-state index contributed by atoms with van der Waals surface area (Å²) in [6, 6.07) is 4.13. The number of nitrogens with one attached hydrogen (secondary N) is 1. The van der Waals surface area contributed by atoms with Gasteiger partial charge in [-0.1, -0.05) is 24.3 Å². The summed E-state index contributed by atoms with van der Waals surface area (Å²) in [4.78, 5) is 0. The second-order valence-corrected chi connectivity index (χ2v) is 3.65. The van der Waals surface area contributed by atoms with Crippen LogP contribution in [0.15, 0.2) is 36.8 Å². The van der Waals surface area contributed by atoms with Gasteiger partial charge in [0.15, 0.2) is 0 Å². The van der Waals surface area contributed by atoms with Crippen LogP contribution in [-0.4, -0.2) is 0 Å². The van der Waals surface area contributed by atoms with Crippen LogP contribution in [0.25, 0.3) is 0 Å². The summed E-state index contributed by atoms with van der Waals surface area (Å²) in [6.07, 6.45) is 2.49. The molecule has 0 unspecified atom stereocenters. The molecule has 0 radical (unpaired) electrons. The molecule has 0 atom stereocenters. The molecule has 0 aliphatic rings. The lowest BCUT2D eigenvalue weighted by Crippen LogP contribution is -1.96. The molecule has 0 aliphatic heterocycles. The van der Waals surface area contributed by atoms with Gasteiger partial charge in [0.2, 0.25) is 0 Å². The molecule has 0 amide bonds. The second-order valence-electron chi connectivity index (χ2n) is 3.65. The molecule has 0 aliphatic carbocycles. The van der Waals surface area contributed by atoms with Gasteiger partial charge >= 0.3 is 0 Å². The monoisotopic (exact) mass is 205 g/mol. The molecule has 1 aromatic rings. The van der Waals surface area contributed by atoms with Gasteiger partial charge in [-0.15, -0.1) is 0 Å². The fraction of sp³-hybridized carbons (Fsp3) is 0.231. The molecule has 0 aromatic heterocycles.